The van der Waals surface area contributed by atoms with Crippen molar-refractivity contribution >= 4 is 28.0 Å². The van der Waals surface area contributed by atoms with Gasteiger partial charge in [0, 0.05) is 12.1 Å². The molecule has 162 valence electrons. The Kier molecular flexibility index (Phi) is 7.17. The summed E-state index contributed by atoms with van der Waals surface area (Å²) in [5, 5.41) is 0. The smallest absolute Gasteiger partial charge is 0.168 e. The first-order valence-electron chi connectivity index (χ1n) is 11.5. The van der Waals surface area contributed by atoms with Gasteiger partial charge in [-0.3, -0.25) is 0 Å². The molecule has 0 saturated carbocycles. The summed E-state index contributed by atoms with van der Waals surface area (Å²) in [6.07, 6.45) is 2.86. The molecule has 2 heteroatoms. The molecule has 0 unspecified atom stereocenters. The normalized spacial score (nSPS) is 10.7. The zero-order valence-corrected chi connectivity index (χ0v) is 19.4. The largest absolute Gasteiger partial charge is 0.208 e. The van der Waals surface area contributed by atoms with Crippen LogP contribution in [0, 0.1) is 6.92 Å². The average molecular weight is 427 g/mol. The average Bonchev–Trinajstić information content (AvgIpc) is 2.89. The molecule has 5 rings (SSSR count). The number of aromatic nitrogens is 1. The second kappa shape index (κ2) is 10.6. The summed E-state index contributed by atoms with van der Waals surface area (Å²) in [4.78, 5) is 0. The topological polar surface area (TPSA) is 3.88 Å². The number of rotatable bonds is 4. The summed E-state index contributed by atoms with van der Waals surface area (Å²) in [5.74, 6) is 0. The van der Waals surface area contributed by atoms with E-state index in [-0.39, 0.29) is 0 Å². The van der Waals surface area contributed by atoms with Crippen molar-refractivity contribution in [2.45, 2.75) is 6.92 Å². The van der Waals surface area contributed by atoms with Gasteiger partial charge in [0.1, 0.15) is 13.2 Å². The van der Waals surface area contributed by atoms with Crippen LogP contribution < -0.4 is 26.4 Å². The van der Waals surface area contributed by atoms with Gasteiger partial charge in [0.2, 0.25) is 0 Å². The lowest BCUT2D eigenvalue weighted by Crippen LogP contribution is -2.74. The van der Waals surface area contributed by atoms with Crippen LogP contribution in [-0.2, 0) is 7.05 Å². The summed E-state index contributed by atoms with van der Waals surface area (Å²) in [6.45, 7) is 2.08. The number of nitrogens with zero attached hydrogens (tertiary/aromatic N) is 1. The summed E-state index contributed by atoms with van der Waals surface area (Å²) >= 11 is 0. The van der Waals surface area contributed by atoms with Gasteiger partial charge < -0.3 is 0 Å². The molecule has 1 heterocycles. The fourth-order valence-electron chi connectivity index (χ4n) is 4.70. The first-order valence-corrected chi connectivity index (χ1v) is 11.5. The molecule has 5 aromatic rings. The van der Waals surface area contributed by atoms with E-state index in [4.69, 9.17) is 0 Å². The molecule has 1 aromatic heterocycles. The zero-order valence-electron chi connectivity index (χ0n) is 19.4. The van der Waals surface area contributed by atoms with E-state index in [1.165, 1.54) is 27.4 Å². The Morgan fingerprint density at radius 3 is 0.939 bits per heavy atom. The minimum Gasteiger partial charge on any atom is -0.208 e. The van der Waals surface area contributed by atoms with E-state index in [0.29, 0.717) is 0 Å². The highest BCUT2D eigenvalue weighted by atomic mass is 14.9. The van der Waals surface area contributed by atoms with E-state index >= 15 is 0 Å². The van der Waals surface area contributed by atoms with Crippen LogP contribution in [0.15, 0.2) is 146 Å². The van der Waals surface area contributed by atoms with Crippen LogP contribution in [0.5, 0.6) is 0 Å². The second-order valence-electron chi connectivity index (χ2n) is 8.55. The number of hydrogen-bond acceptors (Lipinski definition) is 0. The van der Waals surface area contributed by atoms with Crippen molar-refractivity contribution < 1.29 is 4.57 Å². The molecular formula is C31H30BN. The molecule has 0 aliphatic carbocycles. The Labute approximate surface area is 197 Å². The van der Waals surface area contributed by atoms with Gasteiger partial charge >= 0.3 is 0 Å². The number of pyridine rings is 1. The number of hydrogen-bond donors (Lipinski definition) is 0. The third-order valence-corrected chi connectivity index (χ3v) is 6.34. The molecule has 0 fully saturated rings. The van der Waals surface area contributed by atoms with Crippen molar-refractivity contribution in [1.29, 1.82) is 0 Å². The van der Waals surface area contributed by atoms with Gasteiger partial charge in [-0.05, 0) is 12.5 Å². The van der Waals surface area contributed by atoms with Crippen LogP contribution >= 0.6 is 0 Å². The van der Waals surface area contributed by atoms with Crippen molar-refractivity contribution in [2.24, 2.45) is 7.05 Å². The Morgan fingerprint density at radius 2 is 0.697 bits per heavy atom. The van der Waals surface area contributed by atoms with E-state index in [9.17, 15) is 0 Å². The highest BCUT2D eigenvalue weighted by Gasteiger charge is 2.30. The van der Waals surface area contributed by atoms with Crippen LogP contribution in [-0.4, -0.2) is 6.15 Å². The van der Waals surface area contributed by atoms with E-state index in [1.54, 1.807) is 0 Å². The monoisotopic (exact) mass is 427 g/mol. The molecule has 4 aromatic carbocycles. The van der Waals surface area contributed by atoms with Crippen LogP contribution in [0.25, 0.3) is 0 Å². The van der Waals surface area contributed by atoms with E-state index < -0.39 is 6.15 Å². The maximum atomic E-state index is 2.26. The quantitative estimate of drug-likeness (QED) is 0.303. The van der Waals surface area contributed by atoms with Gasteiger partial charge in [-0.1, -0.05) is 121 Å². The third-order valence-electron chi connectivity index (χ3n) is 6.34. The van der Waals surface area contributed by atoms with E-state index in [2.05, 4.69) is 140 Å². The van der Waals surface area contributed by atoms with Gasteiger partial charge in [0.05, 0.1) is 0 Å². The molecule has 0 bridgehead atoms. The highest BCUT2D eigenvalue weighted by Crippen LogP contribution is 2.09. The number of benzene rings is 4. The molecular weight excluding hydrogens is 397 g/mol. The van der Waals surface area contributed by atoms with Gasteiger partial charge in [-0.2, -0.15) is 21.9 Å². The molecule has 33 heavy (non-hydrogen) atoms. The zero-order chi connectivity index (χ0) is 22.9. The Hall–Kier alpha value is -3.91. The van der Waals surface area contributed by atoms with Crippen LogP contribution in [0.1, 0.15) is 5.56 Å². The molecule has 0 aliphatic heterocycles. The van der Waals surface area contributed by atoms with E-state index in [1.807, 2.05) is 24.0 Å². The van der Waals surface area contributed by atoms with Gasteiger partial charge in [-0.15, -0.1) is 0 Å². The molecule has 0 aliphatic rings. The van der Waals surface area contributed by atoms with Crippen molar-refractivity contribution in [3.05, 3.63) is 151 Å². The van der Waals surface area contributed by atoms with E-state index in [0.717, 1.165) is 0 Å². The van der Waals surface area contributed by atoms with Crippen LogP contribution in [0.4, 0.5) is 0 Å². The molecule has 0 N–H and O–H groups in total. The summed E-state index contributed by atoms with van der Waals surface area (Å²) in [6, 6.07) is 47.7. The van der Waals surface area contributed by atoms with Gasteiger partial charge in [0.15, 0.2) is 12.4 Å². The Morgan fingerprint density at radius 1 is 0.424 bits per heavy atom. The standard InChI is InChI=1S/C24H20B.C7H10N/c1-5-13-21(14-6-1)25(22-15-7-2-8-16-22,23-17-9-3-10-18-23)24-19-11-4-12-20-24;1-7-3-5-8(2)6-4-7/h1-20H;3-6H,1-2H3/q-1;+1. The maximum Gasteiger partial charge on any atom is 0.168 e. The molecule has 0 amide bonds. The summed E-state index contributed by atoms with van der Waals surface area (Å²) < 4.78 is 2.02. The summed E-state index contributed by atoms with van der Waals surface area (Å²) in [7, 11) is 2.01. The lowest BCUT2D eigenvalue weighted by atomic mass is 9.13. The maximum absolute atomic E-state index is 2.26. The fraction of sp³-hybridized carbons (Fsp3) is 0.0645. The fourth-order valence-corrected chi connectivity index (χ4v) is 4.70. The van der Waals surface area contributed by atoms with Crippen molar-refractivity contribution in [1.82, 2.24) is 0 Å². The SMILES string of the molecule is Cc1cc[n+](C)cc1.c1ccc([B-](c2ccccc2)(c2ccccc2)c2ccccc2)cc1. The molecule has 0 saturated heterocycles. The second-order valence-corrected chi connectivity index (χ2v) is 8.55. The molecule has 0 radical (unpaired) electrons. The first-order chi connectivity index (χ1) is 16.2. The summed E-state index contributed by atoms with van der Waals surface area (Å²) in [5.41, 5.74) is 6.66. The van der Waals surface area contributed by atoms with Gasteiger partial charge in [-0.25, -0.2) is 4.57 Å². The molecule has 1 nitrogen and oxygen atoms in total. The highest BCUT2D eigenvalue weighted by molar-refractivity contribution is 7.19. The van der Waals surface area contributed by atoms with Gasteiger partial charge in [0.25, 0.3) is 0 Å². The van der Waals surface area contributed by atoms with Crippen LogP contribution in [0.3, 0.4) is 0 Å². The van der Waals surface area contributed by atoms with Crippen molar-refractivity contribution in [3.8, 4) is 0 Å². The lowest BCUT2D eigenvalue weighted by Gasteiger charge is -2.44. The Bertz CT molecular complexity index is 1050. The van der Waals surface area contributed by atoms with Crippen molar-refractivity contribution in [3.63, 3.8) is 0 Å². The minimum atomic E-state index is -1.22. The van der Waals surface area contributed by atoms with Crippen LogP contribution in [0.2, 0.25) is 0 Å². The number of aryl methyl sites for hydroxylation is 2. The predicted octanol–water partition coefficient (Wildman–Crippen LogP) is 3.88. The predicted molar refractivity (Wildman–Crippen MR) is 142 cm³/mol. The molecule has 0 atom stereocenters. The lowest BCUT2D eigenvalue weighted by molar-refractivity contribution is -0.671. The minimum absolute atomic E-state index is 1.22. The van der Waals surface area contributed by atoms with Crippen molar-refractivity contribution in [2.75, 3.05) is 0 Å². The Balaban J connectivity index is 0.000000275. The first kappa shape index (κ1) is 22.3. The molecule has 0 spiro atoms. The third kappa shape index (κ3) is 4.96.